The number of carbonyl (C=O) groups is 1. The summed E-state index contributed by atoms with van der Waals surface area (Å²) in [5.41, 5.74) is 1.72. The van der Waals surface area contributed by atoms with Gasteiger partial charge in [0.05, 0.1) is 12.2 Å². The average molecular weight is 320 g/mol. The van der Waals surface area contributed by atoms with Crippen molar-refractivity contribution in [2.75, 3.05) is 6.61 Å². The number of aromatic nitrogens is 1. The van der Waals surface area contributed by atoms with Gasteiger partial charge in [0.25, 0.3) is 0 Å². The van der Waals surface area contributed by atoms with Crippen LogP contribution in [0.15, 0.2) is 47.2 Å². The summed E-state index contributed by atoms with van der Waals surface area (Å²) in [7, 11) is 0. The molecule has 4 heteroatoms. The van der Waals surface area contributed by atoms with Crippen molar-refractivity contribution in [1.82, 2.24) is 4.98 Å². The molecule has 0 N–H and O–H groups in total. The Morgan fingerprint density at radius 2 is 2.21 bits per heavy atom. The van der Waals surface area contributed by atoms with Crippen molar-refractivity contribution in [3.8, 4) is 5.75 Å². The molecule has 0 atom stereocenters. The van der Waals surface area contributed by atoms with E-state index in [-0.39, 0.29) is 5.78 Å². The maximum Gasteiger partial charge on any atom is 0.163 e. The molecule has 0 saturated heterocycles. The first-order valence-corrected chi connectivity index (χ1v) is 6.78. The third-order valence-electron chi connectivity index (χ3n) is 2.69. The zero-order valence-electron chi connectivity index (χ0n) is 10.6. The normalized spacial score (nSPS) is 10.2. The molecule has 19 heavy (non-hydrogen) atoms. The van der Waals surface area contributed by atoms with E-state index >= 15 is 0 Å². The fraction of sp³-hybridized carbons (Fsp3) is 0.200. The molecule has 2 aromatic rings. The molecule has 0 bridgehead atoms. The number of hydrogen-bond acceptors (Lipinski definition) is 3. The first-order valence-electron chi connectivity index (χ1n) is 5.99. The van der Waals surface area contributed by atoms with Crippen LogP contribution >= 0.6 is 15.9 Å². The maximum atomic E-state index is 11.5. The van der Waals surface area contributed by atoms with Crippen molar-refractivity contribution < 1.29 is 9.53 Å². The highest BCUT2D eigenvalue weighted by Crippen LogP contribution is 2.24. The molecule has 0 unspecified atom stereocenters. The van der Waals surface area contributed by atoms with Crippen LogP contribution in [0.1, 0.15) is 22.8 Å². The fourth-order valence-corrected chi connectivity index (χ4v) is 2.07. The van der Waals surface area contributed by atoms with E-state index in [4.69, 9.17) is 4.74 Å². The lowest BCUT2D eigenvalue weighted by molar-refractivity contribution is 0.101. The Bertz CT molecular complexity index is 570. The van der Waals surface area contributed by atoms with Gasteiger partial charge in [-0.05, 0) is 36.8 Å². The highest BCUT2D eigenvalue weighted by atomic mass is 79.9. The summed E-state index contributed by atoms with van der Waals surface area (Å²) in [5, 5.41) is 0. The Hall–Kier alpha value is -1.68. The molecule has 0 fully saturated rings. The van der Waals surface area contributed by atoms with Crippen molar-refractivity contribution in [2.45, 2.75) is 13.3 Å². The van der Waals surface area contributed by atoms with Crippen molar-refractivity contribution in [2.24, 2.45) is 0 Å². The highest BCUT2D eigenvalue weighted by Gasteiger charge is 2.08. The Morgan fingerprint density at radius 3 is 2.89 bits per heavy atom. The molecule has 0 aliphatic heterocycles. The van der Waals surface area contributed by atoms with Crippen LogP contribution in [0.5, 0.6) is 5.75 Å². The standard InChI is InChI=1S/C15H14BrNO2/c1-11(18)14-5-4-13(16)9-15(14)19-8-6-12-3-2-7-17-10-12/h2-5,7,9-10H,6,8H2,1H3. The minimum absolute atomic E-state index is 0.00359. The number of hydrogen-bond donors (Lipinski definition) is 0. The lowest BCUT2D eigenvalue weighted by Crippen LogP contribution is -2.05. The predicted octanol–water partition coefficient (Wildman–Crippen LogP) is 3.67. The van der Waals surface area contributed by atoms with Gasteiger partial charge in [0.1, 0.15) is 5.75 Å². The second-order valence-electron chi connectivity index (χ2n) is 4.16. The van der Waals surface area contributed by atoms with Crippen molar-refractivity contribution >= 4 is 21.7 Å². The number of halogens is 1. The SMILES string of the molecule is CC(=O)c1ccc(Br)cc1OCCc1cccnc1. The number of benzene rings is 1. The van der Waals surface area contributed by atoms with Gasteiger partial charge in [-0.2, -0.15) is 0 Å². The highest BCUT2D eigenvalue weighted by molar-refractivity contribution is 9.10. The lowest BCUT2D eigenvalue weighted by Gasteiger charge is -2.10. The molecule has 98 valence electrons. The van der Waals surface area contributed by atoms with E-state index in [1.165, 1.54) is 6.92 Å². The first kappa shape index (κ1) is 13.7. The molecule has 0 radical (unpaired) electrons. The molecular weight excluding hydrogens is 306 g/mol. The van der Waals surface area contributed by atoms with Crippen molar-refractivity contribution in [3.05, 3.63) is 58.3 Å². The van der Waals surface area contributed by atoms with Crippen molar-refractivity contribution in [3.63, 3.8) is 0 Å². The molecule has 0 saturated carbocycles. The van der Waals surface area contributed by atoms with Gasteiger partial charge >= 0.3 is 0 Å². The van der Waals surface area contributed by atoms with Gasteiger partial charge in [0, 0.05) is 23.3 Å². The van der Waals surface area contributed by atoms with Gasteiger partial charge in [0.15, 0.2) is 5.78 Å². The quantitative estimate of drug-likeness (QED) is 0.789. The molecule has 2 rings (SSSR count). The minimum Gasteiger partial charge on any atom is -0.492 e. The second kappa shape index (κ2) is 6.48. The fourth-order valence-electron chi connectivity index (χ4n) is 1.73. The van der Waals surface area contributed by atoms with E-state index in [1.807, 2.05) is 30.5 Å². The number of rotatable bonds is 5. The molecule has 0 amide bonds. The summed E-state index contributed by atoms with van der Waals surface area (Å²) in [6, 6.07) is 9.33. The van der Waals surface area contributed by atoms with Gasteiger partial charge in [-0.25, -0.2) is 0 Å². The van der Waals surface area contributed by atoms with E-state index in [0.717, 1.165) is 16.5 Å². The number of carbonyl (C=O) groups excluding carboxylic acids is 1. The third kappa shape index (κ3) is 3.89. The van der Waals surface area contributed by atoms with E-state index in [1.54, 1.807) is 12.3 Å². The largest absolute Gasteiger partial charge is 0.492 e. The molecule has 0 aliphatic carbocycles. The van der Waals surface area contributed by atoms with Crippen LogP contribution in [0, 0.1) is 0 Å². The van der Waals surface area contributed by atoms with Crippen LogP contribution < -0.4 is 4.74 Å². The molecule has 0 spiro atoms. The van der Waals surface area contributed by atoms with Crippen LogP contribution in [-0.2, 0) is 6.42 Å². The molecule has 1 aromatic carbocycles. The summed E-state index contributed by atoms with van der Waals surface area (Å²) in [6.07, 6.45) is 4.32. The monoisotopic (exact) mass is 319 g/mol. The van der Waals surface area contributed by atoms with E-state index < -0.39 is 0 Å². The topological polar surface area (TPSA) is 39.2 Å². The molecule has 3 nitrogen and oxygen atoms in total. The molecule has 0 aliphatic rings. The van der Waals surface area contributed by atoms with Crippen LogP contribution in [0.3, 0.4) is 0 Å². The summed E-state index contributed by atoms with van der Waals surface area (Å²) in [6.45, 7) is 2.06. The summed E-state index contributed by atoms with van der Waals surface area (Å²) < 4.78 is 6.60. The number of ketones is 1. The zero-order chi connectivity index (χ0) is 13.7. The Morgan fingerprint density at radius 1 is 1.37 bits per heavy atom. The molecular formula is C15H14BrNO2. The Labute approximate surface area is 120 Å². The Balaban J connectivity index is 2.03. The molecule has 1 aromatic heterocycles. The van der Waals surface area contributed by atoms with Crippen molar-refractivity contribution in [1.29, 1.82) is 0 Å². The van der Waals surface area contributed by atoms with E-state index in [0.29, 0.717) is 17.9 Å². The van der Waals surface area contributed by atoms with Crippen LogP contribution in [0.4, 0.5) is 0 Å². The van der Waals surface area contributed by atoms with Gasteiger partial charge < -0.3 is 4.74 Å². The zero-order valence-corrected chi connectivity index (χ0v) is 12.2. The van der Waals surface area contributed by atoms with E-state index in [9.17, 15) is 4.79 Å². The second-order valence-corrected chi connectivity index (χ2v) is 5.07. The number of ether oxygens (including phenoxy) is 1. The predicted molar refractivity (Wildman–Crippen MR) is 77.6 cm³/mol. The van der Waals surface area contributed by atoms with Gasteiger partial charge in [-0.1, -0.05) is 22.0 Å². The lowest BCUT2D eigenvalue weighted by atomic mass is 10.1. The van der Waals surface area contributed by atoms with Gasteiger partial charge in [-0.15, -0.1) is 0 Å². The van der Waals surface area contributed by atoms with Gasteiger partial charge in [0.2, 0.25) is 0 Å². The van der Waals surface area contributed by atoms with Gasteiger partial charge in [-0.3, -0.25) is 9.78 Å². The van der Waals surface area contributed by atoms with Crippen LogP contribution in [0.2, 0.25) is 0 Å². The third-order valence-corrected chi connectivity index (χ3v) is 3.19. The smallest absolute Gasteiger partial charge is 0.163 e. The summed E-state index contributed by atoms with van der Waals surface area (Å²) in [4.78, 5) is 15.6. The average Bonchev–Trinajstić information content (AvgIpc) is 2.39. The maximum absolute atomic E-state index is 11.5. The van der Waals surface area contributed by atoms with Crippen LogP contribution in [0.25, 0.3) is 0 Å². The number of nitrogens with zero attached hydrogens (tertiary/aromatic N) is 1. The molecule has 1 heterocycles. The number of Topliss-reactive ketones (excluding diaryl/α,β-unsaturated/α-hetero) is 1. The first-order chi connectivity index (χ1) is 9.16. The Kier molecular flexibility index (Phi) is 4.68. The van der Waals surface area contributed by atoms with Crippen LogP contribution in [-0.4, -0.2) is 17.4 Å². The summed E-state index contributed by atoms with van der Waals surface area (Å²) in [5.74, 6) is 0.620. The number of pyridine rings is 1. The summed E-state index contributed by atoms with van der Waals surface area (Å²) >= 11 is 3.38. The van der Waals surface area contributed by atoms with E-state index in [2.05, 4.69) is 20.9 Å². The minimum atomic E-state index is 0.00359.